The summed E-state index contributed by atoms with van der Waals surface area (Å²) in [5.41, 5.74) is 0. The fourth-order valence-electron chi connectivity index (χ4n) is 3.90. The predicted octanol–water partition coefficient (Wildman–Crippen LogP) is 3.15. The third kappa shape index (κ3) is 5.36. The zero-order chi connectivity index (χ0) is 14.4. The van der Waals surface area contributed by atoms with Gasteiger partial charge >= 0.3 is 0 Å². The molecule has 2 fully saturated rings. The molecule has 1 aliphatic heterocycles. The average molecular weight is 301 g/mol. The lowest BCUT2D eigenvalue weighted by Crippen LogP contribution is -2.34. The van der Waals surface area contributed by atoms with Gasteiger partial charge < -0.3 is 5.32 Å². The Kier molecular flexibility index (Phi) is 6.34. The van der Waals surface area contributed by atoms with Crippen LogP contribution < -0.4 is 5.32 Å². The Morgan fingerprint density at radius 1 is 1.05 bits per heavy atom. The number of hydrogen-bond acceptors (Lipinski definition) is 3. The zero-order valence-corrected chi connectivity index (χ0v) is 13.8. The summed E-state index contributed by atoms with van der Waals surface area (Å²) in [4.78, 5) is 0. The maximum atomic E-state index is 11.6. The van der Waals surface area contributed by atoms with Gasteiger partial charge in [-0.15, -0.1) is 0 Å². The Labute approximate surface area is 124 Å². The van der Waals surface area contributed by atoms with Gasteiger partial charge in [-0.3, -0.25) is 0 Å². The van der Waals surface area contributed by atoms with E-state index in [4.69, 9.17) is 0 Å². The molecule has 0 aromatic rings. The van der Waals surface area contributed by atoms with Crippen molar-refractivity contribution in [2.45, 2.75) is 70.8 Å². The Balaban J connectivity index is 1.82. The predicted molar refractivity (Wildman–Crippen MR) is 84.7 cm³/mol. The molecular formula is C16H31NO2S. The first-order chi connectivity index (χ1) is 9.59. The van der Waals surface area contributed by atoms with E-state index >= 15 is 0 Å². The standard InChI is InChI=1S/C16H31NO2S/c1-2-9-17-16(11-14-6-4-3-5-7-14)12-15-8-10-20(18,19)13-15/h14-17H,2-13H2,1H3. The van der Waals surface area contributed by atoms with Gasteiger partial charge in [0.05, 0.1) is 11.5 Å². The molecule has 0 bridgehead atoms. The number of hydrogen-bond donors (Lipinski definition) is 1. The minimum atomic E-state index is -2.72. The molecule has 0 spiro atoms. The molecular weight excluding hydrogens is 270 g/mol. The summed E-state index contributed by atoms with van der Waals surface area (Å²) in [5, 5.41) is 3.68. The average Bonchev–Trinajstić information content (AvgIpc) is 2.76. The van der Waals surface area contributed by atoms with Crippen LogP contribution in [-0.4, -0.2) is 32.5 Å². The van der Waals surface area contributed by atoms with Crippen LogP contribution >= 0.6 is 0 Å². The van der Waals surface area contributed by atoms with Gasteiger partial charge in [0.1, 0.15) is 0 Å². The summed E-state index contributed by atoms with van der Waals surface area (Å²) in [5.74, 6) is 2.12. The van der Waals surface area contributed by atoms with Crippen LogP contribution in [0, 0.1) is 11.8 Å². The lowest BCUT2D eigenvalue weighted by atomic mass is 9.83. The summed E-state index contributed by atoms with van der Waals surface area (Å²) >= 11 is 0. The van der Waals surface area contributed by atoms with Gasteiger partial charge in [0.15, 0.2) is 9.84 Å². The molecule has 0 radical (unpaired) electrons. The highest BCUT2D eigenvalue weighted by atomic mass is 32.2. The van der Waals surface area contributed by atoms with Crippen LogP contribution in [0.4, 0.5) is 0 Å². The van der Waals surface area contributed by atoms with Crippen LogP contribution in [0.2, 0.25) is 0 Å². The van der Waals surface area contributed by atoms with E-state index in [-0.39, 0.29) is 0 Å². The van der Waals surface area contributed by atoms with Crippen LogP contribution in [0.3, 0.4) is 0 Å². The highest BCUT2D eigenvalue weighted by molar-refractivity contribution is 7.91. The van der Waals surface area contributed by atoms with E-state index in [1.54, 1.807) is 0 Å². The first-order valence-corrected chi connectivity index (χ1v) is 10.3. The lowest BCUT2D eigenvalue weighted by Gasteiger charge is -2.28. The van der Waals surface area contributed by atoms with E-state index in [0.29, 0.717) is 23.5 Å². The second kappa shape index (κ2) is 7.79. The van der Waals surface area contributed by atoms with Crippen LogP contribution in [0.15, 0.2) is 0 Å². The Morgan fingerprint density at radius 3 is 2.35 bits per heavy atom. The van der Waals surface area contributed by atoms with Crippen molar-refractivity contribution in [3.63, 3.8) is 0 Å². The number of nitrogens with one attached hydrogen (secondary N) is 1. The molecule has 2 aliphatic rings. The van der Waals surface area contributed by atoms with Gasteiger partial charge in [0, 0.05) is 6.04 Å². The molecule has 1 saturated heterocycles. The van der Waals surface area contributed by atoms with Gasteiger partial charge in [0.25, 0.3) is 0 Å². The van der Waals surface area contributed by atoms with Crippen molar-refractivity contribution in [3.8, 4) is 0 Å². The molecule has 0 aromatic heterocycles. The molecule has 1 saturated carbocycles. The highest BCUT2D eigenvalue weighted by Crippen LogP contribution is 2.30. The van der Waals surface area contributed by atoms with E-state index in [1.165, 1.54) is 38.5 Å². The zero-order valence-electron chi connectivity index (χ0n) is 12.9. The molecule has 2 atom stereocenters. The van der Waals surface area contributed by atoms with Crippen molar-refractivity contribution in [1.29, 1.82) is 0 Å². The summed E-state index contributed by atoms with van der Waals surface area (Å²) < 4.78 is 23.2. The Hall–Kier alpha value is -0.0900. The minimum absolute atomic E-state index is 0.401. The summed E-state index contributed by atoms with van der Waals surface area (Å²) in [7, 11) is -2.72. The van der Waals surface area contributed by atoms with E-state index < -0.39 is 9.84 Å². The normalized spacial score (nSPS) is 28.6. The van der Waals surface area contributed by atoms with Crippen LogP contribution in [-0.2, 0) is 9.84 Å². The summed E-state index contributed by atoms with van der Waals surface area (Å²) in [6.07, 6.45) is 11.3. The maximum absolute atomic E-state index is 11.6. The quantitative estimate of drug-likeness (QED) is 0.786. The summed E-state index contributed by atoms with van der Waals surface area (Å²) in [6.45, 7) is 3.27. The fourth-order valence-corrected chi connectivity index (χ4v) is 5.78. The molecule has 1 N–H and O–H groups in total. The second-order valence-electron chi connectivity index (χ2n) is 6.90. The minimum Gasteiger partial charge on any atom is -0.314 e. The van der Waals surface area contributed by atoms with Crippen LogP contribution in [0.25, 0.3) is 0 Å². The molecule has 118 valence electrons. The number of sulfone groups is 1. The monoisotopic (exact) mass is 301 g/mol. The third-order valence-electron chi connectivity index (χ3n) is 4.97. The van der Waals surface area contributed by atoms with Crippen molar-refractivity contribution in [2.75, 3.05) is 18.1 Å². The summed E-state index contributed by atoms with van der Waals surface area (Å²) in [6, 6.07) is 0.538. The van der Waals surface area contributed by atoms with E-state index in [9.17, 15) is 8.42 Å². The van der Waals surface area contributed by atoms with Gasteiger partial charge in [-0.05, 0) is 44.1 Å². The molecule has 0 amide bonds. The van der Waals surface area contributed by atoms with E-state index in [2.05, 4.69) is 12.2 Å². The van der Waals surface area contributed by atoms with E-state index in [0.717, 1.165) is 31.7 Å². The third-order valence-corrected chi connectivity index (χ3v) is 6.81. The molecule has 1 aliphatic carbocycles. The van der Waals surface area contributed by atoms with Gasteiger partial charge in [0.2, 0.25) is 0 Å². The second-order valence-corrected chi connectivity index (χ2v) is 9.12. The smallest absolute Gasteiger partial charge is 0.150 e. The molecule has 4 heteroatoms. The largest absolute Gasteiger partial charge is 0.314 e. The first kappa shape index (κ1) is 16.3. The highest BCUT2D eigenvalue weighted by Gasteiger charge is 2.30. The SMILES string of the molecule is CCCNC(CC1CCCCC1)CC1CCS(=O)(=O)C1. The molecule has 3 nitrogen and oxygen atoms in total. The van der Waals surface area contributed by atoms with Gasteiger partial charge in [-0.25, -0.2) is 8.42 Å². The molecule has 2 unspecified atom stereocenters. The lowest BCUT2D eigenvalue weighted by molar-refractivity contribution is 0.276. The molecule has 20 heavy (non-hydrogen) atoms. The van der Waals surface area contributed by atoms with Crippen molar-refractivity contribution in [1.82, 2.24) is 5.32 Å². The maximum Gasteiger partial charge on any atom is 0.150 e. The molecule has 1 heterocycles. The molecule has 2 rings (SSSR count). The first-order valence-electron chi connectivity index (χ1n) is 8.53. The van der Waals surface area contributed by atoms with Gasteiger partial charge in [-0.2, -0.15) is 0 Å². The fraction of sp³-hybridized carbons (Fsp3) is 1.00. The topological polar surface area (TPSA) is 46.2 Å². The molecule has 0 aromatic carbocycles. The van der Waals surface area contributed by atoms with Crippen molar-refractivity contribution in [2.24, 2.45) is 11.8 Å². The van der Waals surface area contributed by atoms with E-state index in [1.807, 2.05) is 0 Å². The van der Waals surface area contributed by atoms with Crippen LogP contribution in [0.5, 0.6) is 0 Å². The van der Waals surface area contributed by atoms with Crippen molar-refractivity contribution < 1.29 is 8.42 Å². The number of rotatable bonds is 7. The van der Waals surface area contributed by atoms with Crippen molar-refractivity contribution in [3.05, 3.63) is 0 Å². The van der Waals surface area contributed by atoms with Crippen molar-refractivity contribution >= 4 is 9.84 Å². The van der Waals surface area contributed by atoms with Gasteiger partial charge in [-0.1, -0.05) is 39.0 Å². The Bertz CT molecular complexity index is 374. The Morgan fingerprint density at radius 2 is 1.75 bits per heavy atom. The van der Waals surface area contributed by atoms with Crippen LogP contribution in [0.1, 0.15) is 64.7 Å².